The van der Waals surface area contributed by atoms with Gasteiger partial charge in [0.15, 0.2) is 0 Å². The first-order chi connectivity index (χ1) is 24.3. The average molecular weight is 643 g/mol. The second-order valence-corrected chi connectivity index (χ2v) is 14.4. The SMILES string of the molecule is C1=CC2c3ccccc3N(c3ccc4c(c3)c3ccccc3n4-c3ccc4ccc(-c5ccc6sc7ccccc7c6c5)cc4c3)C2C=C1. The van der Waals surface area contributed by atoms with E-state index in [1.807, 2.05) is 11.3 Å². The fourth-order valence-electron chi connectivity index (χ4n) is 8.44. The van der Waals surface area contributed by atoms with Crippen LogP contribution in [0.5, 0.6) is 0 Å². The van der Waals surface area contributed by atoms with Crippen LogP contribution in [0.3, 0.4) is 0 Å². The van der Waals surface area contributed by atoms with Crippen LogP contribution >= 0.6 is 11.3 Å². The van der Waals surface area contributed by atoms with Crippen molar-refractivity contribution in [2.45, 2.75) is 12.0 Å². The summed E-state index contributed by atoms with van der Waals surface area (Å²) in [5.41, 5.74) is 10.0. The van der Waals surface area contributed by atoms with Crippen molar-refractivity contribution in [1.82, 2.24) is 4.57 Å². The van der Waals surface area contributed by atoms with Crippen molar-refractivity contribution >= 4 is 75.5 Å². The van der Waals surface area contributed by atoms with Gasteiger partial charge in [-0.3, -0.25) is 0 Å². The van der Waals surface area contributed by atoms with E-state index in [0.29, 0.717) is 5.92 Å². The highest BCUT2D eigenvalue weighted by Gasteiger charge is 2.37. The van der Waals surface area contributed by atoms with E-state index in [1.54, 1.807) is 0 Å². The molecule has 2 aliphatic rings. The molecule has 7 aromatic carbocycles. The van der Waals surface area contributed by atoms with Gasteiger partial charge in [-0.1, -0.05) is 103 Å². The lowest BCUT2D eigenvalue weighted by molar-refractivity contribution is 0.745. The molecule has 0 saturated heterocycles. The molecule has 0 N–H and O–H groups in total. The Labute approximate surface area is 288 Å². The highest BCUT2D eigenvalue weighted by atomic mass is 32.1. The zero-order valence-electron chi connectivity index (χ0n) is 26.6. The molecule has 9 aromatic rings. The summed E-state index contributed by atoms with van der Waals surface area (Å²) in [6.07, 6.45) is 9.08. The summed E-state index contributed by atoms with van der Waals surface area (Å²) >= 11 is 1.87. The Balaban J connectivity index is 1.05. The number of fused-ring (bicyclic) bond motifs is 10. The Kier molecular flexibility index (Phi) is 5.69. The number of thiophene rings is 1. The first kappa shape index (κ1) is 27.1. The maximum Gasteiger partial charge on any atom is 0.0629 e. The minimum Gasteiger partial charge on any atom is -0.333 e. The molecule has 230 valence electrons. The van der Waals surface area contributed by atoms with E-state index in [-0.39, 0.29) is 6.04 Å². The first-order valence-corrected chi connectivity index (χ1v) is 17.8. The second-order valence-electron chi connectivity index (χ2n) is 13.3. The number of hydrogen-bond acceptors (Lipinski definition) is 2. The largest absolute Gasteiger partial charge is 0.333 e. The standard InChI is InChI=1S/C46H30N2S/c1-5-13-41-35(9-1)36-10-2-6-14-42(36)48(41)34-22-23-44-39(28-34)37-11-3-7-15-43(37)47(44)33-21-19-29-17-18-30(25-32(29)26-33)31-20-24-46-40(27-31)38-12-4-8-16-45(38)49-46/h1-28,35,41H. The molecule has 0 bridgehead atoms. The fourth-order valence-corrected chi connectivity index (χ4v) is 9.52. The summed E-state index contributed by atoms with van der Waals surface area (Å²) in [5.74, 6) is 0.368. The van der Waals surface area contributed by atoms with Gasteiger partial charge in [0.05, 0.1) is 17.1 Å². The zero-order chi connectivity index (χ0) is 32.1. The molecule has 49 heavy (non-hydrogen) atoms. The highest BCUT2D eigenvalue weighted by Crippen LogP contribution is 2.48. The van der Waals surface area contributed by atoms with Gasteiger partial charge in [-0.05, 0) is 94.2 Å². The number of nitrogens with zero attached hydrogens (tertiary/aromatic N) is 2. The predicted molar refractivity (Wildman–Crippen MR) is 210 cm³/mol. The van der Waals surface area contributed by atoms with E-state index in [2.05, 4.69) is 179 Å². The van der Waals surface area contributed by atoms with Crippen LogP contribution in [0.1, 0.15) is 11.5 Å². The average Bonchev–Trinajstić information content (AvgIpc) is 3.81. The minimum absolute atomic E-state index is 0.280. The van der Waals surface area contributed by atoms with Crippen molar-refractivity contribution in [1.29, 1.82) is 0 Å². The van der Waals surface area contributed by atoms with E-state index in [0.717, 1.165) is 0 Å². The first-order valence-electron chi connectivity index (χ1n) is 17.0. The lowest BCUT2D eigenvalue weighted by Crippen LogP contribution is -2.28. The second kappa shape index (κ2) is 10.3. The molecule has 1 aliphatic heterocycles. The minimum atomic E-state index is 0.280. The van der Waals surface area contributed by atoms with E-state index >= 15 is 0 Å². The van der Waals surface area contributed by atoms with Crippen LogP contribution in [0.15, 0.2) is 170 Å². The summed E-state index contributed by atoms with van der Waals surface area (Å²) in [6.45, 7) is 0. The number of benzene rings is 7. The molecule has 0 radical (unpaired) electrons. The van der Waals surface area contributed by atoms with Crippen LogP contribution in [0.25, 0.3) is 69.6 Å². The molecule has 2 unspecified atom stereocenters. The van der Waals surface area contributed by atoms with E-state index in [9.17, 15) is 0 Å². The third-order valence-corrected chi connectivity index (χ3v) is 11.8. The van der Waals surface area contributed by atoms with Gasteiger partial charge in [0, 0.05) is 53.9 Å². The monoisotopic (exact) mass is 642 g/mol. The van der Waals surface area contributed by atoms with Gasteiger partial charge >= 0.3 is 0 Å². The van der Waals surface area contributed by atoms with Gasteiger partial charge in [-0.15, -0.1) is 11.3 Å². The zero-order valence-corrected chi connectivity index (χ0v) is 27.4. The molecule has 3 heteroatoms. The van der Waals surface area contributed by atoms with Gasteiger partial charge in [0.2, 0.25) is 0 Å². The summed E-state index contributed by atoms with van der Waals surface area (Å²) in [4.78, 5) is 2.53. The molecule has 2 aromatic heterocycles. The third-order valence-electron chi connectivity index (χ3n) is 10.7. The lowest BCUT2D eigenvalue weighted by Gasteiger charge is -2.28. The molecule has 0 saturated carbocycles. The molecular formula is C46H30N2S. The topological polar surface area (TPSA) is 8.17 Å². The molecule has 1 aliphatic carbocycles. The number of allylic oxidation sites excluding steroid dienone is 2. The molecule has 2 atom stereocenters. The Hall–Kier alpha value is -5.90. The van der Waals surface area contributed by atoms with Crippen LogP contribution in [-0.2, 0) is 0 Å². The number of rotatable bonds is 3. The number of para-hydroxylation sites is 2. The summed E-state index contributed by atoms with van der Waals surface area (Å²) in [5, 5.41) is 7.70. The maximum absolute atomic E-state index is 2.53. The van der Waals surface area contributed by atoms with E-state index in [4.69, 9.17) is 0 Å². The number of anilines is 2. The van der Waals surface area contributed by atoms with E-state index in [1.165, 1.54) is 86.5 Å². The van der Waals surface area contributed by atoms with Gasteiger partial charge in [-0.2, -0.15) is 0 Å². The third kappa shape index (κ3) is 4.00. The van der Waals surface area contributed by atoms with Crippen molar-refractivity contribution in [3.05, 3.63) is 175 Å². The van der Waals surface area contributed by atoms with Gasteiger partial charge < -0.3 is 9.47 Å². The van der Waals surface area contributed by atoms with Crippen LogP contribution in [-0.4, -0.2) is 10.6 Å². The molecule has 0 fully saturated rings. The van der Waals surface area contributed by atoms with Crippen LogP contribution in [0.2, 0.25) is 0 Å². The van der Waals surface area contributed by atoms with Crippen molar-refractivity contribution < 1.29 is 0 Å². The lowest BCUT2D eigenvalue weighted by atomic mass is 9.91. The van der Waals surface area contributed by atoms with Gasteiger partial charge in [-0.25, -0.2) is 0 Å². The van der Waals surface area contributed by atoms with Crippen molar-refractivity contribution in [2.24, 2.45) is 0 Å². The number of hydrogen-bond donors (Lipinski definition) is 0. The van der Waals surface area contributed by atoms with Crippen LogP contribution < -0.4 is 4.90 Å². The van der Waals surface area contributed by atoms with E-state index < -0.39 is 0 Å². The quantitative estimate of drug-likeness (QED) is 0.186. The Morgan fingerprint density at radius 2 is 1.20 bits per heavy atom. The van der Waals surface area contributed by atoms with Crippen molar-refractivity contribution in [3.8, 4) is 16.8 Å². The van der Waals surface area contributed by atoms with Gasteiger partial charge in [0.25, 0.3) is 0 Å². The molecule has 3 heterocycles. The predicted octanol–water partition coefficient (Wildman–Crippen LogP) is 12.7. The van der Waals surface area contributed by atoms with Crippen LogP contribution in [0, 0.1) is 0 Å². The molecule has 2 nitrogen and oxygen atoms in total. The number of aromatic nitrogens is 1. The molecule has 0 amide bonds. The fraction of sp³-hybridized carbons (Fsp3) is 0.0435. The van der Waals surface area contributed by atoms with Crippen molar-refractivity contribution in [2.75, 3.05) is 4.90 Å². The normalized spacial score (nSPS) is 16.8. The molecule has 0 spiro atoms. The summed E-state index contributed by atoms with van der Waals surface area (Å²) in [6, 6.07) is 54.5. The molecular weight excluding hydrogens is 613 g/mol. The Bertz CT molecular complexity index is 2870. The summed E-state index contributed by atoms with van der Waals surface area (Å²) in [7, 11) is 0. The smallest absolute Gasteiger partial charge is 0.0629 e. The van der Waals surface area contributed by atoms with Crippen molar-refractivity contribution in [3.63, 3.8) is 0 Å². The Morgan fingerprint density at radius 3 is 2.18 bits per heavy atom. The van der Waals surface area contributed by atoms with Gasteiger partial charge in [0.1, 0.15) is 0 Å². The summed E-state index contributed by atoms with van der Waals surface area (Å²) < 4.78 is 5.12. The maximum atomic E-state index is 2.53. The highest BCUT2D eigenvalue weighted by molar-refractivity contribution is 7.25. The van der Waals surface area contributed by atoms with Crippen LogP contribution in [0.4, 0.5) is 11.4 Å². The Morgan fingerprint density at radius 1 is 0.469 bits per heavy atom. The molecule has 11 rings (SSSR count).